The number of benzene rings is 1. The largest absolute Gasteiger partial charge is 0.207 e. The molecule has 0 saturated heterocycles. The van der Waals surface area contributed by atoms with Crippen LogP contribution in [0, 0.1) is 5.82 Å². The normalized spacial score (nSPS) is 11.8. The van der Waals surface area contributed by atoms with Crippen LogP contribution in [0.1, 0.15) is 51.0 Å². The van der Waals surface area contributed by atoms with E-state index in [1.165, 1.54) is 37.8 Å². The third-order valence-corrected chi connectivity index (χ3v) is 4.75. The molecular weight excluding hydrogens is 282 g/mol. The predicted octanol–water partition coefficient (Wildman–Crippen LogP) is 5.90. The van der Waals surface area contributed by atoms with Crippen molar-refractivity contribution in [3.05, 3.63) is 35.6 Å². The SMILES string of the molecule is CCCCCCCC(CCl)(CCl)c1ccc(F)cc1. The van der Waals surface area contributed by atoms with Gasteiger partial charge in [0.1, 0.15) is 5.82 Å². The Morgan fingerprint density at radius 2 is 1.53 bits per heavy atom. The molecule has 0 amide bonds. The topological polar surface area (TPSA) is 0 Å². The number of alkyl halides is 2. The highest BCUT2D eigenvalue weighted by molar-refractivity contribution is 6.22. The van der Waals surface area contributed by atoms with Crippen LogP contribution in [-0.2, 0) is 5.41 Å². The van der Waals surface area contributed by atoms with Crippen molar-refractivity contribution in [3.63, 3.8) is 0 Å². The Morgan fingerprint density at radius 1 is 0.947 bits per heavy atom. The first-order valence-corrected chi connectivity index (χ1v) is 8.13. The van der Waals surface area contributed by atoms with E-state index in [1.54, 1.807) is 0 Å². The molecule has 0 fully saturated rings. The van der Waals surface area contributed by atoms with E-state index in [1.807, 2.05) is 12.1 Å². The van der Waals surface area contributed by atoms with Crippen LogP contribution >= 0.6 is 23.2 Å². The minimum atomic E-state index is -0.219. The molecule has 108 valence electrons. The molecule has 0 bridgehead atoms. The second-order valence-electron chi connectivity index (χ2n) is 5.22. The third-order valence-electron chi connectivity index (χ3n) is 3.73. The second-order valence-corrected chi connectivity index (χ2v) is 5.75. The van der Waals surface area contributed by atoms with Crippen molar-refractivity contribution in [1.82, 2.24) is 0 Å². The average molecular weight is 305 g/mol. The number of unbranched alkanes of at least 4 members (excludes halogenated alkanes) is 4. The number of hydrogen-bond donors (Lipinski definition) is 0. The number of hydrogen-bond acceptors (Lipinski definition) is 0. The lowest BCUT2D eigenvalue weighted by atomic mass is 9.79. The van der Waals surface area contributed by atoms with Gasteiger partial charge >= 0.3 is 0 Å². The first-order valence-electron chi connectivity index (χ1n) is 7.06. The molecule has 1 aromatic carbocycles. The van der Waals surface area contributed by atoms with Crippen LogP contribution in [0.2, 0.25) is 0 Å². The van der Waals surface area contributed by atoms with Crippen molar-refractivity contribution in [3.8, 4) is 0 Å². The van der Waals surface area contributed by atoms with E-state index in [2.05, 4.69) is 6.92 Å². The molecule has 0 aliphatic heterocycles. The summed E-state index contributed by atoms with van der Waals surface area (Å²) in [6.07, 6.45) is 7.09. The zero-order chi connectivity index (χ0) is 14.1. The molecule has 0 aliphatic rings. The highest BCUT2D eigenvalue weighted by Crippen LogP contribution is 2.33. The third kappa shape index (κ3) is 4.96. The molecule has 19 heavy (non-hydrogen) atoms. The van der Waals surface area contributed by atoms with Crippen molar-refractivity contribution < 1.29 is 4.39 Å². The fourth-order valence-electron chi connectivity index (χ4n) is 2.34. The summed E-state index contributed by atoms with van der Waals surface area (Å²) in [5.41, 5.74) is 0.831. The van der Waals surface area contributed by atoms with Gasteiger partial charge in [-0.3, -0.25) is 0 Å². The molecule has 0 atom stereocenters. The fourth-order valence-corrected chi connectivity index (χ4v) is 3.20. The molecule has 0 saturated carbocycles. The number of rotatable bonds is 9. The molecule has 0 aromatic heterocycles. The Bertz CT molecular complexity index is 344. The van der Waals surface area contributed by atoms with Gasteiger partial charge in [0.2, 0.25) is 0 Å². The van der Waals surface area contributed by atoms with Crippen molar-refractivity contribution in [2.24, 2.45) is 0 Å². The molecule has 0 radical (unpaired) electrons. The van der Waals surface area contributed by atoms with Crippen LogP contribution in [0.5, 0.6) is 0 Å². The monoisotopic (exact) mass is 304 g/mol. The zero-order valence-electron chi connectivity index (χ0n) is 11.6. The highest BCUT2D eigenvalue weighted by Gasteiger charge is 2.30. The summed E-state index contributed by atoms with van der Waals surface area (Å²) >= 11 is 12.3. The Kier molecular flexibility index (Phi) is 7.78. The van der Waals surface area contributed by atoms with E-state index in [-0.39, 0.29) is 11.2 Å². The first-order chi connectivity index (χ1) is 9.18. The minimum absolute atomic E-state index is 0.218. The molecule has 3 heteroatoms. The van der Waals surface area contributed by atoms with Gasteiger partial charge in [-0.15, -0.1) is 23.2 Å². The van der Waals surface area contributed by atoms with Gasteiger partial charge in [0.05, 0.1) is 0 Å². The standard InChI is InChI=1S/C16H23Cl2F/c1-2-3-4-5-6-11-16(12-17,13-18)14-7-9-15(19)10-8-14/h7-10H,2-6,11-13H2,1H3. The maximum atomic E-state index is 13.0. The van der Waals surface area contributed by atoms with Gasteiger partial charge < -0.3 is 0 Å². The quantitative estimate of drug-likeness (QED) is 0.393. The molecule has 0 heterocycles. The summed E-state index contributed by atoms with van der Waals surface area (Å²) in [6, 6.07) is 6.60. The molecule has 0 unspecified atom stereocenters. The van der Waals surface area contributed by atoms with Crippen LogP contribution in [0.3, 0.4) is 0 Å². The molecule has 0 spiro atoms. The van der Waals surface area contributed by atoms with Crippen molar-refractivity contribution in [2.75, 3.05) is 11.8 Å². The Labute approximate surface area is 126 Å². The van der Waals surface area contributed by atoms with Gasteiger partial charge in [-0.2, -0.15) is 0 Å². The smallest absolute Gasteiger partial charge is 0.123 e. The first kappa shape index (κ1) is 16.8. The molecule has 0 N–H and O–H groups in total. The maximum Gasteiger partial charge on any atom is 0.123 e. The molecule has 0 nitrogen and oxygen atoms in total. The summed E-state index contributed by atoms with van der Waals surface area (Å²) < 4.78 is 13.0. The number of halogens is 3. The molecular formula is C16H23Cl2F. The summed E-state index contributed by atoms with van der Waals surface area (Å²) in [7, 11) is 0. The van der Waals surface area contributed by atoms with Crippen LogP contribution in [0.4, 0.5) is 4.39 Å². The lowest BCUT2D eigenvalue weighted by Crippen LogP contribution is -2.30. The van der Waals surface area contributed by atoms with Crippen molar-refractivity contribution >= 4 is 23.2 Å². The maximum absolute atomic E-state index is 13.0. The van der Waals surface area contributed by atoms with Gasteiger partial charge in [0.15, 0.2) is 0 Å². The molecule has 1 aromatic rings. The van der Waals surface area contributed by atoms with E-state index in [0.717, 1.165) is 18.4 Å². The summed E-state index contributed by atoms with van der Waals surface area (Å²) in [6.45, 7) is 2.21. The van der Waals surface area contributed by atoms with E-state index < -0.39 is 0 Å². The van der Waals surface area contributed by atoms with Gasteiger partial charge in [-0.25, -0.2) is 4.39 Å². The van der Waals surface area contributed by atoms with Gasteiger partial charge in [-0.1, -0.05) is 51.2 Å². The van der Waals surface area contributed by atoms with E-state index in [9.17, 15) is 4.39 Å². The minimum Gasteiger partial charge on any atom is -0.207 e. The molecule has 0 aliphatic carbocycles. The summed E-state index contributed by atoms with van der Waals surface area (Å²) in [5.74, 6) is 0.746. The van der Waals surface area contributed by atoms with E-state index >= 15 is 0 Å². The van der Waals surface area contributed by atoms with Gasteiger partial charge in [0.25, 0.3) is 0 Å². The lowest BCUT2D eigenvalue weighted by molar-refractivity contribution is 0.453. The highest BCUT2D eigenvalue weighted by atomic mass is 35.5. The Morgan fingerprint density at radius 3 is 2.05 bits per heavy atom. The van der Waals surface area contributed by atoms with Crippen molar-refractivity contribution in [2.45, 2.75) is 50.9 Å². The fraction of sp³-hybridized carbons (Fsp3) is 0.625. The predicted molar refractivity (Wildman–Crippen MR) is 82.9 cm³/mol. The zero-order valence-corrected chi connectivity index (χ0v) is 13.1. The van der Waals surface area contributed by atoms with Crippen LogP contribution in [-0.4, -0.2) is 11.8 Å². The van der Waals surface area contributed by atoms with Crippen LogP contribution in [0.25, 0.3) is 0 Å². The van der Waals surface area contributed by atoms with Gasteiger partial charge in [0, 0.05) is 17.2 Å². The van der Waals surface area contributed by atoms with E-state index in [0.29, 0.717) is 11.8 Å². The Balaban J connectivity index is 2.65. The van der Waals surface area contributed by atoms with Crippen molar-refractivity contribution in [1.29, 1.82) is 0 Å². The van der Waals surface area contributed by atoms with Crippen LogP contribution in [0.15, 0.2) is 24.3 Å². The second kappa shape index (κ2) is 8.81. The van der Waals surface area contributed by atoms with E-state index in [4.69, 9.17) is 23.2 Å². The lowest BCUT2D eigenvalue weighted by Gasteiger charge is -2.30. The van der Waals surface area contributed by atoms with Gasteiger partial charge in [-0.05, 0) is 24.1 Å². The summed E-state index contributed by atoms with van der Waals surface area (Å²) in [5, 5.41) is 0. The van der Waals surface area contributed by atoms with Crippen LogP contribution < -0.4 is 0 Å². The average Bonchev–Trinajstić information content (AvgIpc) is 2.45. The Hall–Kier alpha value is -0.270. The molecule has 1 rings (SSSR count). The summed E-state index contributed by atoms with van der Waals surface area (Å²) in [4.78, 5) is 0.